The Morgan fingerprint density at radius 1 is 0.921 bits per heavy atom. The van der Waals surface area contributed by atoms with Gasteiger partial charge in [0.15, 0.2) is 0 Å². The van der Waals surface area contributed by atoms with E-state index in [4.69, 9.17) is 5.10 Å². The predicted molar refractivity (Wildman–Crippen MR) is 155 cm³/mol. The Morgan fingerprint density at radius 3 is 2.24 bits per heavy atom. The first-order valence-corrected chi connectivity index (χ1v) is 15.8. The lowest BCUT2D eigenvalue weighted by molar-refractivity contribution is -0.123. The highest BCUT2D eigenvalue weighted by Gasteiger charge is 2.31. The van der Waals surface area contributed by atoms with Gasteiger partial charge in [0, 0.05) is 43.0 Å². The zero-order valence-corrected chi connectivity index (χ0v) is 24.7. The number of hydrogen-bond donors (Lipinski definition) is 2. The number of amides is 2. The maximum Gasteiger partial charge on any atom is 0.261 e. The van der Waals surface area contributed by atoms with E-state index < -0.39 is 0 Å². The third-order valence-corrected chi connectivity index (χ3v) is 9.97. The predicted octanol–water partition coefficient (Wildman–Crippen LogP) is 5.97. The lowest BCUT2D eigenvalue weighted by Gasteiger charge is -2.41. The molecule has 38 heavy (non-hydrogen) atoms. The van der Waals surface area contributed by atoms with Crippen molar-refractivity contribution in [1.82, 2.24) is 25.3 Å². The quantitative estimate of drug-likeness (QED) is 0.472. The molecule has 7 nitrogen and oxygen atoms in total. The summed E-state index contributed by atoms with van der Waals surface area (Å²) in [6, 6.07) is 3.71. The maximum atomic E-state index is 13.2. The molecule has 0 spiro atoms. The van der Waals surface area contributed by atoms with E-state index in [-0.39, 0.29) is 23.3 Å². The van der Waals surface area contributed by atoms with Crippen molar-refractivity contribution in [3.05, 3.63) is 16.6 Å². The molecule has 0 atom stereocenters. The van der Waals surface area contributed by atoms with E-state index in [9.17, 15) is 9.59 Å². The summed E-state index contributed by atoms with van der Waals surface area (Å²) in [7, 11) is 0. The number of nitrogens with one attached hydrogen (secondary N) is 2. The van der Waals surface area contributed by atoms with Gasteiger partial charge >= 0.3 is 0 Å². The summed E-state index contributed by atoms with van der Waals surface area (Å²) in [5.41, 5.74) is 1.07. The molecule has 3 heterocycles. The lowest BCUT2D eigenvalue weighted by Crippen LogP contribution is -2.50. The van der Waals surface area contributed by atoms with Crippen LogP contribution in [0.1, 0.15) is 119 Å². The summed E-state index contributed by atoms with van der Waals surface area (Å²) in [6.07, 6.45) is 13.3. The standard InChI is InChI=1S/C30H47N5O2S/c1-20-25-18-26(38-29(25)35(33-20)24-8-6-5-7-9-24)28(37)32-21-10-12-23(13-11-21)34-16-14-22(15-17-34)31-27(36)19-30(2,3)4/h18,21-24H,5-17,19H2,1-4H3,(H,31,36)(H,32,37). The fourth-order valence-electron chi connectivity index (χ4n) is 6.77. The van der Waals surface area contributed by atoms with Crippen LogP contribution >= 0.6 is 11.3 Å². The first-order chi connectivity index (χ1) is 18.2. The van der Waals surface area contributed by atoms with Crippen molar-refractivity contribution in [1.29, 1.82) is 0 Å². The van der Waals surface area contributed by atoms with Crippen LogP contribution in [0.3, 0.4) is 0 Å². The highest BCUT2D eigenvalue weighted by molar-refractivity contribution is 7.20. The van der Waals surface area contributed by atoms with Crippen molar-refractivity contribution in [3.63, 3.8) is 0 Å². The number of piperidine rings is 1. The molecule has 3 aliphatic rings. The zero-order chi connectivity index (χ0) is 26.9. The SMILES string of the molecule is Cc1nn(C2CCCCC2)c2sc(C(=O)NC3CCC(N4CCC(NC(=O)CC(C)(C)C)CC4)CC3)cc12. The van der Waals surface area contributed by atoms with Crippen LogP contribution in [0, 0.1) is 12.3 Å². The van der Waals surface area contributed by atoms with Crippen LogP contribution in [0.2, 0.25) is 0 Å². The van der Waals surface area contributed by atoms with Gasteiger partial charge in [0.2, 0.25) is 5.91 Å². The monoisotopic (exact) mass is 541 g/mol. The fraction of sp³-hybridized carbons (Fsp3) is 0.767. The van der Waals surface area contributed by atoms with Crippen molar-refractivity contribution in [2.24, 2.45) is 5.41 Å². The number of carbonyl (C=O) groups is 2. The highest BCUT2D eigenvalue weighted by Crippen LogP contribution is 2.36. The van der Waals surface area contributed by atoms with E-state index in [0.29, 0.717) is 24.5 Å². The summed E-state index contributed by atoms with van der Waals surface area (Å²) in [5.74, 6) is 0.267. The second kappa shape index (κ2) is 11.7. The zero-order valence-electron chi connectivity index (χ0n) is 23.9. The van der Waals surface area contributed by atoms with Crippen molar-refractivity contribution < 1.29 is 9.59 Å². The third-order valence-electron chi connectivity index (χ3n) is 8.85. The van der Waals surface area contributed by atoms with Gasteiger partial charge in [-0.05, 0) is 69.8 Å². The summed E-state index contributed by atoms with van der Waals surface area (Å²) >= 11 is 1.62. The van der Waals surface area contributed by atoms with Gasteiger partial charge in [0.05, 0.1) is 16.6 Å². The molecule has 2 aliphatic carbocycles. The molecule has 0 aromatic carbocycles. The first kappa shape index (κ1) is 27.6. The van der Waals surface area contributed by atoms with Gasteiger partial charge in [-0.1, -0.05) is 40.0 Å². The number of likely N-dealkylation sites (tertiary alicyclic amines) is 1. The minimum absolute atomic E-state index is 0.0326. The molecule has 1 aliphatic heterocycles. The number of carbonyl (C=O) groups excluding carboxylic acids is 2. The number of nitrogens with zero attached hydrogens (tertiary/aromatic N) is 3. The molecule has 2 saturated carbocycles. The van der Waals surface area contributed by atoms with Crippen molar-refractivity contribution in [3.8, 4) is 0 Å². The Kier molecular flexibility index (Phi) is 8.48. The first-order valence-electron chi connectivity index (χ1n) is 15.0. The van der Waals surface area contributed by atoms with Crippen LogP contribution in [-0.2, 0) is 4.79 Å². The van der Waals surface area contributed by atoms with E-state index in [2.05, 4.69) is 54.0 Å². The van der Waals surface area contributed by atoms with Gasteiger partial charge in [-0.2, -0.15) is 5.10 Å². The van der Waals surface area contributed by atoms with Crippen LogP contribution in [0.25, 0.3) is 10.2 Å². The molecule has 0 radical (unpaired) electrons. The number of rotatable bonds is 6. The van der Waals surface area contributed by atoms with E-state index >= 15 is 0 Å². The number of hydrogen-bond acceptors (Lipinski definition) is 5. The molecular weight excluding hydrogens is 494 g/mol. The average molecular weight is 542 g/mol. The largest absolute Gasteiger partial charge is 0.353 e. The second-order valence-electron chi connectivity index (χ2n) is 13.2. The van der Waals surface area contributed by atoms with E-state index in [1.165, 1.54) is 36.9 Å². The summed E-state index contributed by atoms with van der Waals surface area (Å²) in [5, 5.41) is 12.6. The number of aromatic nitrogens is 2. The Labute approximate surface area is 232 Å². The number of fused-ring (bicyclic) bond motifs is 1. The molecule has 2 aromatic rings. The molecule has 1 saturated heterocycles. The van der Waals surface area contributed by atoms with Gasteiger partial charge in [0.1, 0.15) is 4.83 Å². The minimum Gasteiger partial charge on any atom is -0.353 e. The Balaban J connectivity index is 1.08. The number of thiophene rings is 1. The summed E-state index contributed by atoms with van der Waals surface area (Å²) in [6.45, 7) is 10.5. The van der Waals surface area contributed by atoms with Gasteiger partial charge in [-0.15, -0.1) is 11.3 Å². The molecule has 2 N–H and O–H groups in total. The second-order valence-corrected chi connectivity index (χ2v) is 14.3. The molecule has 2 aromatic heterocycles. The van der Waals surface area contributed by atoms with Crippen LogP contribution in [0.15, 0.2) is 6.07 Å². The molecule has 2 amide bonds. The normalized spacial score (nSPS) is 24.5. The van der Waals surface area contributed by atoms with Crippen molar-refractivity contribution >= 4 is 33.4 Å². The van der Waals surface area contributed by atoms with Gasteiger partial charge < -0.3 is 15.5 Å². The van der Waals surface area contributed by atoms with Gasteiger partial charge in [0.25, 0.3) is 5.91 Å². The molecule has 8 heteroatoms. The summed E-state index contributed by atoms with van der Waals surface area (Å²) in [4.78, 5) is 30.1. The van der Waals surface area contributed by atoms with Crippen LogP contribution < -0.4 is 10.6 Å². The topological polar surface area (TPSA) is 79.3 Å². The van der Waals surface area contributed by atoms with Gasteiger partial charge in [-0.3, -0.25) is 14.3 Å². The van der Waals surface area contributed by atoms with Crippen LogP contribution in [0.5, 0.6) is 0 Å². The molecule has 0 bridgehead atoms. The lowest BCUT2D eigenvalue weighted by atomic mass is 9.88. The Hall–Kier alpha value is -1.93. The van der Waals surface area contributed by atoms with Crippen molar-refractivity contribution in [2.45, 2.75) is 129 Å². The van der Waals surface area contributed by atoms with E-state index in [1.54, 1.807) is 11.3 Å². The minimum atomic E-state index is 0.0326. The van der Waals surface area contributed by atoms with E-state index in [0.717, 1.165) is 67.6 Å². The van der Waals surface area contributed by atoms with Crippen LogP contribution in [0.4, 0.5) is 0 Å². The summed E-state index contributed by atoms with van der Waals surface area (Å²) < 4.78 is 2.22. The molecule has 3 fully saturated rings. The maximum absolute atomic E-state index is 13.2. The van der Waals surface area contributed by atoms with Crippen molar-refractivity contribution in [2.75, 3.05) is 13.1 Å². The molecule has 5 rings (SSSR count). The van der Waals surface area contributed by atoms with E-state index in [1.807, 2.05) is 0 Å². The molecular formula is C30H47N5O2S. The Bertz CT molecular complexity index is 1110. The fourth-order valence-corrected chi connectivity index (χ4v) is 7.90. The number of aryl methyl sites for hydroxylation is 1. The Morgan fingerprint density at radius 2 is 1.58 bits per heavy atom. The third kappa shape index (κ3) is 6.61. The molecule has 0 unspecified atom stereocenters. The van der Waals surface area contributed by atoms with Gasteiger partial charge in [-0.25, -0.2) is 0 Å². The smallest absolute Gasteiger partial charge is 0.261 e. The highest BCUT2D eigenvalue weighted by atomic mass is 32.1. The average Bonchev–Trinajstić information content (AvgIpc) is 3.45. The van der Waals surface area contributed by atoms with Crippen LogP contribution in [-0.4, -0.2) is 57.7 Å². The molecule has 210 valence electrons.